The van der Waals surface area contributed by atoms with Gasteiger partial charge in [0.15, 0.2) is 0 Å². The molecule has 0 bridgehead atoms. The Balaban J connectivity index is 1.51. The summed E-state index contributed by atoms with van der Waals surface area (Å²) in [5.74, 6) is -0.331. The van der Waals surface area contributed by atoms with Crippen molar-refractivity contribution in [1.82, 2.24) is 14.7 Å². The summed E-state index contributed by atoms with van der Waals surface area (Å²) in [7, 11) is 0. The maximum absolute atomic E-state index is 13.5. The molecule has 0 fully saturated rings. The van der Waals surface area contributed by atoms with Crippen molar-refractivity contribution in [3.63, 3.8) is 0 Å². The number of nitrogens with zero attached hydrogens (tertiary/aromatic N) is 3. The van der Waals surface area contributed by atoms with Crippen molar-refractivity contribution in [2.45, 2.75) is 20.3 Å². The van der Waals surface area contributed by atoms with Crippen LogP contribution in [0.3, 0.4) is 0 Å². The van der Waals surface area contributed by atoms with E-state index in [0.29, 0.717) is 29.4 Å². The third kappa shape index (κ3) is 5.96. The topological polar surface area (TPSA) is 79.3 Å². The summed E-state index contributed by atoms with van der Waals surface area (Å²) < 4.78 is 15.0. The number of nitrogens with one attached hydrogen (secondary N) is 2. The van der Waals surface area contributed by atoms with Crippen LogP contribution in [0.5, 0.6) is 0 Å². The van der Waals surface area contributed by atoms with Gasteiger partial charge in [0.2, 0.25) is 5.91 Å². The average Bonchev–Trinajstić information content (AvgIpc) is 3.32. The molecule has 8 heteroatoms. The maximum Gasteiger partial charge on any atom is 0.322 e. The Morgan fingerprint density at radius 3 is 2.25 bits per heavy atom. The van der Waals surface area contributed by atoms with E-state index in [1.165, 1.54) is 22.6 Å². The molecule has 184 valence electrons. The molecule has 0 atom stereocenters. The third-order valence-corrected chi connectivity index (χ3v) is 5.73. The van der Waals surface area contributed by atoms with Gasteiger partial charge in [0.1, 0.15) is 18.2 Å². The van der Waals surface area contributed by atoms with Crippen molar-refractivity contribution in [3.05, 3.63) is 96.3 Å². The first-order chi connectivity index (χ1) is 17.5. The normalized spacial score (nSPS) is 10.6. The van der Waals surface area contributed by atoms with E-state index in [2.05, 4.69) is 22.7 Å². The van der Waals surface area contributed by atoms with Crippen LogP contribution >= 0.6 is 0 Å². The molecule has 0 aliphatic heterocycles. The smallest absolute Gasteiger partial charge is 0.315 e. The molecular weight excluding hydrogens is 457 g/mol. The van der Waals surface area contributed by atoms with Gasteiger partial charge in [-0.1, -0.05) is 49.4 Å². The van der Waals surface area contributed by atoms with Gasteiger partial charge in [0, 0.05) is 23.9 Å². The van der Waals surface area contributed by atoms with Crippen LogP contribution in [0.4, 0.5) is 20.7 Å². The lowest BCUT2D eigenvalue weighted by atomic mass is 10.1. The zero-order chi connectivity index (χ0) is 25.5. The molecule has 7 nitrogen and oxygen atoms in total. The second-order valence-electron chi connectivity index (χ2n) is 8.21. The van der Waals surface area contributed by atoms with E-state index in [4.69, 9.17) is 0 Å². The number of hydrogen-bond acceptors (Lipinski definition) is 3. The Labute approximate surface area is 209 Å². The summed E-state index contributed by atoms with van der Waals surface area (Å²) in [5.41, 5.74) is 3.95. The van der Waals surface area contributed by atoms with Gasteiger partial charge in [-0.05, 0) is 55.3 Å². The van der Waals surface area contributed by atoms with Gasteiger partial charge in [0.05, 0.1) is 11.4 Å². The number of urea groups is 1. The molecule has 4 aromatic rings. The fraction of sp³-hybridized carbons (Fsp3) is 0.179. The minimum atomic E-state index is -0.379. The number of carbonyl (C=O) groups is 2. The zero-order valence-corrected chi connectivity index (χ0v) is 20.2. The van der Waals surface area contributed by atoms with E-state index < -0.39 is 0 Å². The number of aryl methyl sites for hydroxylation is 1. The Morgan fingerprint density at radius 1 is 0.917 bits per heavy atom. The van der Waals surface area contributed by atoms with Crippen LogP contribution < -0.4 is 10.6 Å². The number of amides is 3. The molecule has 36 heavy (non-hydrogen) atoms. The molecule has 3 aromatic carbocycles. The van der Waals surface area contributed by atoms with Crippen LogP contribution in [-0.2, 0) is 11.2 Å². The van der Waals surface area contributed by atoms with Gasteiger partial charge in [0.25, 0.3) is 0 Å². The number of hydrogen-bond donors (Lipinski definition) is 2. The first-order valence-electron chi connectivity index (χ1n) is 11.8. The quantitative estimate of drug-likeness (QED) is 0.334. The summed E-state index contributed by atoms with van der Waals surface area (Å²) in [6.07, 6.45) is 0.913. The molecule has 2 N–H and O–H groups in total. The van der Waals surface area contributed by atoms with Crippen LogP contribution in [0.2, 0.25) is 0 Å². The molecule has 0 spiro atoms. The number of likely N-dealkylation sites (N-methyl/N-ethyl adjacent to an activating group) is 1. The monoisotopic (exact) mass is 485 g/mol. The molecule has 0 unspecified atom stereocenters. The van der Waals surface area contributed by atoms with Crippen LogP contribution in [0, 0.1) is 5.82 Å². The van der Waals surface area contributed by atoms with E-state index in [0.717, 1.165) is 12.0 Å². The molecule has 0 aliphatic carbocycles. The van der Waals surface area contributed by atoms with E-state index in [1.807, 2.05) is 61.5 Å². The third-order valence-electron chi connectivity index (χ3n) is 5.73. The SMILES string of the molecule is CCc1ccc(NC(=O)N(CC)CC(=O)Nc2cc(-c3ccccc3)nn2-c2ccc(F)cc2)cc1. The number of halogens is 1. The lowest BCUT2D eigenvalue weighted by Gasteiger charge is -2.21. The predicted octanol–water partition coefficient (Wildman–Crippen LogP) is 5.73. The standard InChI is InChI=1S/C28H28FN5O2/c1-3-20-10-14-23(15-11-20)30-28(36)33(4-2)19-27(35)31-26-18-25(21-8-6-5-7-9-21)32-34(26)24-16-12-22(29)13-17-24/h5-18H,3-4,19H2,1-2H3,(H,30,36)(H,31,35). The summed E-state index contributed by atoms with van der Waals surface area (Å²) >= 11 is 0. The van der Waals surface area contributed by atoms with E-state index in [-0.39, 0.29) is 24.3 Å². The Hall–Kier alpha value is -4.46. The Kier molecular flexibility index (Phi) is 7.75. The highest BCUT2D eigenvalue weighted by atomic mass is 19.1. The molecule has 0 aliphatic rings. The second-order valence-corrected chi connectivity index (χ2v) is 8.21. The van der Waals surface area contributed by atoms with Crippen LogP contribution in [-0.4, -0.2) is 39.7 Å². The number of carbonyl (C=O) groups excluding carboxylic acids is 2. The molecule has 3 amide bonds. The molecule has 1 aromatic heterocycles. The fourth-order valence-electron chi connectivity index (χ4n) is 3.71. The van der Waals surface area contributed by atoms with Crippen molar-refractivity contribution < 1.29 is 14.0 Å². The van der Waals surface area contributed by atoms with Gasteiger partial charge >= 0.3 is 6.03 Å². The van der Waals surface area contributed by atoms with Gasteiger partial charge in [-0.3, -0.25) is 4.79 Å². The molecule has 4 rings (SSSR count). The Bertz CT molecular complexity index is 1320. The first kappa shape index (κ1) is 24.7. The van der Waals surface area contributed by atoms with Crippen molar-refractivity contribution in [3.8, 4) is 16.9 Å². The first-order valence-corrected chi connectivity index (χ1v) is 11.8. The van der Waals surface area contributed by atoms with Gasteiger partial charge in [-0.2, -0.15) is 5.10 Å². The average molecular weight is 486 g/mol. The van der Waals surface area contributed by atoms with Gasteiger partial charge in [-0.15, -0.1) is 0 Å². The minimum Gasteiger partial charge on any atom is -0.315 e. The number of benzene rings is 3. The van der Waals surface area contributed by atoms with Crippen LogP contribution in [0.15, 0.2) is 84.9 Å². The molecule has 0 saturated carbocycles. The summed E-state index contributed by atoms with van der Waals surface area (Å²) in [6.45, 7) is 4.07. The maximum atomic E-state index is 13.5. The fourth-order valence-corrected chi connectivity index (χ4v) is 3.71. The van der Waals surface area contributed by atoms with E-state index in [9.17, 15) is 14.0 Å². The molecular formula is C28H28FN5O2. The van der Waals surface area contributed by atoms with Crippen molar-refractivity contribution in [2.24, 2.45) is 0 Å². The van der Waals surface area contributed by atoms with Crippen molar-refractivity contribution in [1.29, 1.82) is 0 Å². The predicted molar refractivity (Wildman–Crippen MR) is 140 cm³/mol. The van der Waals surface area contributed by atoms with E-state index in [1.54, 1.807) is 22.9 Å². The van der Waals surface area contributed by atoms with Gasteiger partial charge in [-0.25, -0.2) is 13.9 Å². The summed E-state index contributed by atoms with van der Waals surface area (Å²) in [4.78, 5) is 27.2. The lowest BCUT2D eigenvalue weighted by molar-refractivity contribution is -0.116. The van der Waals surface area contributed by atoms with Crippen LogP contribution in [0.1, 0.15) is 19.4 Å². The summed E-state index contributed by atoms with van der Waals surface area (Å²) in [5, 5.41) is 10.3. The minimum absolute atomic E-state index is 0.148. The Morgan fingerprint density at radius 2 is 1.61 bits per heavy atom. The van der Waals surface area contributed by atoms with E-state index >= 15 is 0 Å². The largest absolute Gasteiger partial charge is 0.322 e. The molecule has 1 heterocycles. The van der Waals surface area contributed by atoms with Gasteiger partial charge < -0.3 is 15.5 Å². The highest BCUT2D eigenvalue weighted by Gasteiger charge is 2.19. The summed E-state index contributed by atoms with van der Waals surface area (Å²) in [6, 6.07) is 24.4. The number of aromatic nitrogens is 2. The lowest BCUT2D eigenvalue weighted by Crippen LogP contribution is -2.40. The number of rotatable bonds is 8. The molecule has 0 saturated heterocycles. The van der Waals surface area contributed by atoms with Crippen molar-refractivity contribution >= 4 is 23.4 Å². The second kappa shape index (κ2) is 11.3. The molecule has 0 radical (unpaired) electrons. The number of anilines is 2. The van der Waals surface area contributed by atoms with Crippen molar-refractivity contribution in [2.75, 3.05) is 23.7 Å². The highest BCUT2D eigenvalue weighted by molar-refractivity contribution is 5.97. The zero-order valence-electron chi connectivity index (χ0n) is 20.2. The highest BCUT2D eigenvalue weighted by Crippen LogP contribution is 2.25. The van der Waals surface area contributed by atoms with Crippen LogP contribution in [0.25, 0.3) is 16.9 Å².